The number of aromatic nitrogens is 2. The second kappa shape index (κ2) is 6.74. The van der Waals surface area contributed by atoms with E-state index in [1.165, 1.54) is 19.3 Å². The quantitative estimate of drug-likeness (QED) is 0.831. The number of carbonyl (C=O) groups excluding carboxylic acids is 1. The maximum Gasteiger partial charge on any atom is 0.360 e. The molecular formula is C14H24N4O2. The standard InChI is InChI=1S/C14H24N4O2/c1-3-20-14(19)12-13(15)18(10-16-12)11(2)9-17-7-5-4-6-8-17/h10-11H,3-9,15H2,1-2H3. The van der Waals surface area contributed by atoms with Crippen molar-refractivity contribution in [1.29, 1.82) is 0 Å². The molecule has 1 unspecified atom stereocenters. The van der Waals surface area contributed by atoms with E-state index in [-0.39, 0.29) is 11.7 Å². The normalized spacial score (nSPS) is 17.9. The highest BCUT2D eigenvalue weighted by atomic mass is 16.5. The van der Waals surface area contributed by atoms with Gasteiger partial charge in [0.1, 0.15) is 5.82 Å². The SMILES string of the molecule is CCOC(=O)c1ncn(C(C)CN2CCCCC2)c1N. The van der Waals surface area contributed by atoms with Crippen LogP contribution >= 0.6 is 0 Å². The number of esters is 1. The molecular weight excluding hydrogens is 256 g/mol. The van der Waals surface area contributed by atoms with Crippen molar-refractivity contribution in [2.24, 2.45) is 0 Å². The van der Waals surface area contributed by atoms with Crippen molar-refractivity contribution in [3.05, 3.63) is 12.0 Å². The molecule has 1 atom stereocenters. The molecule has 1 fully saturated rings. The van der Waals surface area contributed by atoms with Crippen molar-refractivity contribution in [2.75, 3.05) is 32.0 Å². The highest BCUT2D eigenvalue weighted by molar-refractivity contribution is 5.92. The molecule has 0 aromatic carbocycles. The molecule has 6 nitrogen and oxygen atoms in total. The topological polar surface area (TPSA) is 73.4 Å². The minimum absolute atomic E-state index is 0.198. The molecule has 20 heavy (non-hydrogen) atoms. The zero-order chi connectivity index (χ0) is 14.5. The van der Waals surface area contributed by atoms with E-state index in [2.05, 4.69) is 16.8 Å². The third kappa shape index (κ3) is 3.30. The van der Waals surface area contributed by atoms with Gasteiger partial charge in [-0.1, -0.05) is 6.42 Å². The summed E-state index contributed by atoms with van der Waals surface area (Å²) in [5, 5.41) is 0. The molecule has 112 valence electrons. The summed E-state index contributed by atoms with van der Waals surface area (Å²) in [5.74, 6) is -0.0538. The molecule has 0 spiro atoms. The van der Waals surface area contributed by atoms with Gasteiger partial charge in [0.15, 0.2) is 5.69 Å². The van der Waals surface area contributed by atoms with Crippen molar-refractivity contribution in [2.45, 2.75) is 39.2 Å². The number of nitrogens with two attached hydrogens (primary N) is 1. The van der Waals surface area contributed by atoms with Gasteiger partial charge in [-0.15, -0.1) is 0 Å². The van der Waals surface area contributed by atoms with E-state index in [1.807, 2.05) is 4.57 Å². The first-order valence-electron chi connectivity index (χ1n) is 7.35. The minimum atomic E-state index is -0.450. The van der Waals surface area contributed by atoms with Crippen LogP contribution in [0, 0.1) is 0 Å². The Morgan fingerprint density at radius 2 is 2.15 bits per heavy atom. The third-order valence-corrected chi connectivity index (χ3v) is 3.75. The first-order chi connectivity index (χ1) is 9.63. The summed E-state index contributed by atoms with van der Waals surface area (Å²) in [6, 6.07) is 0.198. The summed E-state index contributed by atoms with van der Waals surface area (Å²) in [4.78, 5) is 18.2. The van der Waals surface area contributed by atoms with Gasteiger partial charge in [-0.25, -0.2) is 9.78 Å². The fourth-order valence-electron chi connectivity index (χ4n) is 2.68. The van der Waals surface area contributed by atoms with Gasteiger partial charge in [-0.05, 0) is 39.8 Å². The number of nitrogens with zero attached hydrogens (tertiary/aromatic N) is 3. The van der Waals surface area contributed by atoms with Gasteiger partial charge in [-0.3, -0.25) is 0 Å². The van der Waals surface area contributed by atoms with Crippen molar-refractivity contribution >= 4 is 11.8 Å². The summed E-state index contributed by atoms with van der Waals surface area (Å²) in [6.07, 6.45) is 5.49. The smallest absolute Gasteiger partial charge is 0.360 e. The number of rotatable bonds is 5. The van der Waals surface area contributed by atoms with Crippen LogP contribution in [0.25, 0.3) is 0 Å². The second-order valence-electron chi connectivity index (χ2n) is 5.32. The van der Waals surface area contributed by atoms with Gasteiger partial charge in [0.25, 0.3) is 0 Å². The van der Waals surface area contributed by atoms with E-state index in [4.69, 9.17) is 10.5 Å². The average molecular weight is 280 g/mol. The van der Waals surface area contributed by atoms with E-state index in [0.717, 1.165) is 19.6 Å². The van der Waals surface area contributed by atoms with Gasteiger partial charge < -0.3 is 19.9 Å². The number of nitrogen functional groups attached to an aromatic ring is 1. The van der Waals surface area contributed by atoms with Gasteiger partial charge in [-0.2, -0.15) is 0 Å². The molecule has 0 saturated carbocycles. The Balaban J connectivity index is 2.02. The lowest BCUT2D eigenvalue weighted by Gasteiger charge is -2.29. The van der Waals surface area contributed by atoms with E-state index >= 15 is 0 Å². The number of piperidine rings is 1. The molecule has 1 aliphatic heterocycles. The molecule has 2 heterocycles. The van der Waals surface area contributed by atoms with Crippen molar-refractivity contribution in [3.8, 4) is 0 Å². The molecule has 0 amide bonds. The van der Waals surface area contributed by atoms with Crippen LogP contribution in [0.3, 0.4) is 0 Å². The number of hydrogen-bond acceptors (Lipinski definition) is 5. The Morgan fingerprint density at radius 3 is 2.80 bits per heavy atom. The highest BCUT2D eigenvalue weighted by Crippen LogP contribution is 2.19. The largest absolute Gasteiger partial charge is 0.461 e. The summed E-state index contributed by atoms with van der Waals surface area (Å²) in [7, 11) is 0. The summed E-state index contributed by atoms with van der Waals surface area (Å²) >= 11 is 0. The molecule has 1 aromatic heterocycles. The van der Waals surface area contributed by atoms with Crippen molar-refractivity contribution in [3.63, 3.8) is 0 Å². The fraction of sp³-hybridized carbons (Fsp3) is 0.714. The maximum absolute atomic E-state index is 11.7. The molecule has 1 aromatic rings. The Kier molecular flexibility index (Phi) is 5.00. The molecule has 2 rings (SSSR count). The predicted octanol–water partition coefficient (Wildman–Crippen LogP) is 1.69. The Labute approximate surface area is 119 Å². The van der Waals surface area contributed by atoms with Crippen LogP contribution in [0.15, 0.2) is 6.33 Å². The molecule has 0 bridgehead atoms. The van der Waals surface area contributed by atoms with Crippen molar-refractivity contribution < 1.29 is 9.53 Å². The van der Waals surface area contributed by atoms with Crippen LogP contribution in [0.5, 0.6) is 0 Å². The third-order valence-electron chi connectivity index (χ3n) is 3.75. The number of hydrogen-bond donors (Lipinski definition) is 1. The van der Waals surface area contributed by atoms with Crippen LogP contribution in [0.2, 0.25) is 0 Å². The summed E-state index contributed by atoms with van der Waals surface area (Å²) < 4.78 is 6.81. The summed E-state index contributed by atoms with van der Waals surface area (Å²) in [6.45, 7) is 7.41. The number of imidazole rings is 1. The van der Waals surface area contributed by atoms with Crippen LogP contribution in [0.1, 0.15) is 49.6 Å². The van der Waals surface area contributed by atoms with Gasteiger partial charge in [0.2, 0.25) is 0 Å². The Bertz CT molecular complexity index is 452. The highest BCUT2D eigenvalue weighted by Gasteiger charge is 2.21. The average Bonchev–Trinajstić information content (AvgIpc) is 2.82. The number of ether oxygens (including phenoxy) is 1. The lowest BCUT2D eigenvalue weighted by molar-refractivity contribution is 0.0521. The van der Waals surface area contributed by atoms with Crippen LogP contribution in [-0.4, -0.2) is 46.7 Å². The van der Waals surface area contributed by atoms with Crippen LogP contribution in [-0.2, 0) is 4.74 Å². The fourth-order valence-corrected chi connectivity index (χ4v) is 2.68. The predicted molar refractivity (Wildman–Crippen MR) is 77.6 cm³/mol. The Hall–Kier alpha value is -1.56. The van der Waals surface area contributed by atoms with Crippen LogP contribution in [0.4, 0.5) is 5.82 Å². The zero-order valence-corrected chi connectivity index (χ0v) is 12.3. The second-order valence-corrected chi connectivity index (χ2v) is 5.32. The summed E-state index contributed by atoms with van der Waals surface area (Å²) in [5.41, 5.74) is 6.24. The zero-order valence-electron chi connectivity index (χ0n) is 12.3. The number of carbonyl (C=O) groups is 1. The van der Waals surface area contributed by atoms with Gasteiger partial charge in [0, 0.05) is 12.6 Å². The van der Waals surface area contributed by atoms with Gasteiger partial charge >= 0.3 is 5.97 Å². The van der Waals surface area contributed by atoms with E-state index in [9.17, 15) is 4.79 Å². The van der Waals surface area contributed by atoms with Crippen LogP contribution < -0.4 is 5.73 Å². The molecule has 1 aliphatic rings. The molecule has 1 saturated heterocycles. The molecule has 0 aliphatic carbocycles. The van der Waals surface area contributed by atoms with Crippen molar-refractivity contribution in [1.82, 2.24) is 14.5 Å². The lowest BCUT2D eigenvalue weighted by Crippen LogP contribution is -2.34. The molecule has 2 N–H and O–H groups in total. The number of anilines is 1. The monoisotopic (exact) mass is 280 g/mol. The Morgan fingerprint density at radius 1 is 1.45 bits per heavy atom. The van der Waals surface area contributed by atoms with Gasteiger partial charge in [0.05, 0.1) is 12.9 Å². The number of likely N-dealkylation sites (tertiary alicyclic amines) is 1. The molecule has 6 heteroatoms. The van der Waals surface area contributed by atoms with E-state index in [0.29, 0.717) is 12.4 Å². The molecule has 0 radical (unpaired) electrons. The van der Waals surface area contributed by atoms with E-state index < -0.39 is 5.97 Å². The first kappa shape index (κ1) is 14.8. The lowest BCUT2D eigenvalue weighted by atomic mass is 10.1. The first-order valence-corrected chi connectivity index (χ1v) is 7.35. The minimum Gasteiger partial charge on any atom is -0.461 e. The van der Waals surface area contributed by atoms with E-state index in [1.54, 1.807) is 13.3 Å². The maximum atomic E-state index is 11.7.